The number of hydrogen-bond donors (Lipinski definition) is 1. The number of hydrogen-bond acceptors (Lipinski definition) is 5. The van der Waals surface area contributed by atoms with Crippen LogP contribution in [0.1, 0.15) is 6.42 Å². The molecule has 0 bridgehead atoms. The van der Waals surface area contributed by atoms with Gasteiger partial charge in [0.2, 0.25) is 0 Å². The molecule has 1 heterocycles. The van der Waals surface area contributed by atoms with Crippen LogP contribution in [0.3, 0.4) is 0 Å². The van der Waals surface area contributed by atoms with Crippen LogP contribution in [-0.4, -0.2) is 19.0 Å². The Kier molecular flexibility index (Phi) is 2.81. The van der Waals surface area contributed by atoms with Gasteiger partial charge in [-0.2, -0.15) is 4.57 Å². The molecule has 0 amide bonds. The molecule has 1 aliphatic carbocycles. The van der Waals surface area contributed by atoms with Gasteiger partial charge in [-0.3, -0.25) is 15.1 Å². The van der Waals surface area contributed by atoms with Crippen LogP contribution in [-0.2, 0) is 12.7 Å². The van der Waals surface area contributed by atoms with Crippen LogP contribution < -0.4 is 17.1 Å². The summed E-state index contributed by atoms with van der Waals surface area (Å²) in [7, 11) is 1.13. The Labute approximate surface area is 105 Å². The van der Waals surface area contributed by atoms with Crippen molar-refractivity contribution in [2.75, 3.05) is 0 Å². The number of nitrogens with one attached hydrogen (secondary N) is 1. The van der Waals surface area contributed by atoms with E-state index in [1.165, 1.54) is 12.2 Å². The molecule has 0 saturated carbocycles. The monoisotopic (exact) mass is 266 g/mol. The maximum Gasteiger partial charge on any atom is 0.341 e. The third kappa shape index (κ3) is 1.75. The third-order valence-electron chi connectivity index (χ3n) is 2.93. The van der Waals surface area contributed by atoms with Crippen LogP contribution in [0.15, 0.2) is 38.7 Å². The Balaban J connectivity index is 2.88. The van der Waals surface area contributed by atoms with Crippen LogP contribution in [0, 0.1) is 10.1 Å². The summed E-state index contributed by atoms with van der Waals surface area (Å²) in [6, 6.07) is 0. The van der Waals surface area contributed by atoms with E-state index in [0.717, 1.165) is 13.1 Å². The average Bonchev–Trinajstić information content (AvgIpc) is 2.37. The zero-order valence-corrected chi connectivity index (χ0v) is 9.90. The molecule has 1 unspecified atom stereocenters. The van der Waals surface area contributed by atoms with Crippen LogP contribution in [0.2, 0.25) is 0 Å². The van der Waals surface area contributed by atoms with Gasteiger partial charge >= 0.3 is 22.7 Å². The van der Waals surface area contributed by atoms with Gasteiger partial charge in [0.15, 0.2) is 0 Å². The number of rotatable bonds is 2. The van der Waals surface area contributed by atoms with E-state index in [2.05, 4.69) is 0 Å². The second-order valence-corrected chi connectivity index (χ2v) is 4.04. The molecule has 1 aliphatic rings. The van der Waals surface area contributed by atoms with Gasteiger partial charge in [-0.25, -0.2) is 19.0 Å². The number of nitro groups is 1. The Morgan fingerprint density at radius 2 is 2.00 bits per heavy atom. The molecule has 0 fully saturated rings. The molecule has 0 saturated heterocycles. The minimum atomic E-state index is -2.01. The van der Waals surface area contributed by atoms with E-state index in [1.807, 2.05) is 4.98 Å². The highest BCUT2D eigenvalue weighted by Crippen LogP contribution is 2.24. The Morgan fingerprint density at radius 1 is 1.32 bits per heavy atom. The number of nitrogens with zero attached hydrogens (tertiary/aromatic N) is 3. The topological polar surface area (TPSA) is 120 Å². The van der Waals surface area contributed by atoms with E-state index in [9.17, 15) is 24.5 Å². The number of aromatic nitrogens is 3. The molecule has 9 heteroatoms. The molecule has 1 aromatic rings. The van der Waals surface area contributed by atoms with Crippen molar-refractivity contribution in [2.24, 2.45) is 7.05 Å². The second kappa shape index (κ2) is 4.19. The summed E-state index contributed by atoms with van der Waals surface area (Å²) in [5.74, 6) is 0. The predicted molar refractivity (Wildman–Crippen MR) is 64.4 cm³/mol. The Bertz CT molecular complexity index is 765. The maximum atomic E-state index is 12.0. The first-order chi connectivity index (χ1) is 8.90. The van der Waals surface area contributed by atoms with Gasteiger partial charge in [-0.1, -0.05) is 18.2 Å². The van der Waals surface area contributed by atoms with Gasteiger partial charge in [-0.15, -0.1) is 0 Å². The lowest BCUT2D eigenvalue weighted by Crippen LogP contribution is -2.58. The first-order valence-electron chi connectivity index (χ1n) is 5.32. The molecule has 0 aliphatic heterocycles. The van der Waals surface area contributed by atoms with Crippen molar-refractivity contribution in [1.82, 2.24) is 14.1 Å². The molecule has 9 nitrogen and oxygen atoms in total. The molecule has 2 rings (SSSR count). The van der Waals surface area contributed by atoms with Gasteiger partial charge < -0.3 is 0 Å². The molecular formula is C10H10N4O5. The van der Waals surface area contributed by atoms with Gasteiger partial charge in [0, 0.05) is 13.1 Å². The molecular weight excluding hydrogens is 256 g/mol. The summed E-state index contributed by atoms with van der Waals surface area (Å²) in [5, 5.41) is 11.3. The highest BCUT2D eigenvalue weighted by Gasteiger charge is 2.45. The first-order valence-corrected chi connectivity index (χ1v) is 5.32. The van der Waals surface area contributed by atoms with Crippen LogP contribution in [0.5, 0.6) is 0 Å². The summed E-state index contributed by atoms with van der Waals surface area (Å²) >= 11 is 0. The fourth-order valence-corrected chi connectivity index (χ4v) is 1.88. The molecule has 0 spiro atoms. The lowest BCUT2D eigenvalue weighted by molar-refractivity contribution is -0.586. The van der Waals surface area contributed by atoms with E-state index in [4.69, 9.17) is 0 Å². The Morgan fingerprint density at radius 3 is 2.53 bits per heavy atom. The van der Waals surface area contributed by atoms with Gasteiger partial charge in [0.25, 0.3) is 0 Å². The van der Waals surface area contributed by atoms with Gasteiger partial charge in [0.1, 0.15) is 0 Å². The zero-order valence-electron chi connectivity index (χ0n) is 9.90. The van der Waals surface area contributed by atoms with Crippen molar-refractivity contribution in [3.05, 3.63) is 65.9 Å². The summed E-state index contributed by atoms with van der Waals surface area (Å²) in [5.41, 5.74) is -5.07. The normalized spacial score (nSPS) is 21.5. The third-order valence-corrected chi connectivity index (χ3v) is 2.93. The minimum Gasteiger partial charge on any atom is -0.262 e. The van der Waals surface area contributed by atoms with E-state index in [0.29, 0.717) is 9.13 Å². The summed E-state index contributed by atoms with van der Waals surface area (Å²) in [6.45, 7) is 0. The number of aromatic amines is 1. The molecule has 0 aromatic carbocycles. The largest absolute Gasteiger partial charge is 0.341 e. The van der Waals surface area contributed by atoms with E-state index in [-0.39, 0.29) is 6.42 Å². The number of H-pyrrole nitrogens is 1. The van der Waals surface area contributed by atoms with Crippen LogP contribution in [0.25, 0.3) is 0 Å². The predicted octanol–water partition coefficient (Wildman–Crippen LogP) is -1.32. The lowest BCUT2D eigenvalue weighted by Gasteiger charge is -2.23. The van der Waals surface area contributed by atoms with Crippen molar-refractivity contribution in [1.29, 1.82) is 0 Å². The lowest BCUT2D eigenvalue weighted by atomic mass is 10.0. The fourth-order valence-electron chi connectivity index (χ4n) is 1.88. The standard InChI is InChI=1S/C10H10N4O5/c1-12-7(15)11-8(16)13(9(12)17)10(14(18)19)5-3-2-4-6-10/h2-5H,6H2,1H3,(H,11,15,16). The minimum absolute atomic E-state index is 0.155. The number of allylic oxidation sites excluding steroid dienone is 2. The SMILES string of the molecule is Cn1c(=O)[nH]c(=O)n(C2([N+](=O)[O-])C=CC=CC2)c1=O. The quantitative estimate of drug-likeness (QED) is 0.526. The van der Waals surface area contributed by atoms with E-state index in [1.54, 1.807) is 6.08 Å². The molecule has 1 atom stereocenters. The van der Waals surface area contributed by atoms with Crippen molar-refractivity contribution >= 4 is 0 Å². The van der Waals surface area contributed by atoms with Crippen molar-refractivity contribution in [3.8, 4) is 0 Å². The highest BCUT2D eigenvalue weighted by molar-refractivity contribution is 5.16. The zero-order chi connectivity index (χ0) is 14.2. The second-order valence-electron chi connectivity index (χ2n) is 4.04. The van der Waals surface area contributed by atoms with Crippen LogP contribution >= 0.6 is 0 Å². The van der Waals surface area contributed by atoms with E-state index >= 15 is 0 Å². The average molecular weight is 266 g/mol. The molecule has 0 radical (unpaired) electrons. The molecule has 19 heavy (non-hydrogen) atoms. The Hall–Kier alpha value is -2.71. The highest BCUT2D eigenvalue weighted by atomic mass is 16.6. The van der Waals surface area contributed by atoms with Gasteiger partial charge in [0.05, 0.1) is 11.3 Å². The van der Waals surface area contributed by atoms with Crippen LogP contribution in [0.4, 0.5) is 0 Å². The van der Waals surface area contributed by atoms with Crippen molar-refractivity contribution in [2.45, 2.75) is 12.1 Å². The summed E-state index contributed by atoms with van der Waals surface area (Å²) in [4.78, 5) is 47.4. The van der Waals surface area contributed by atoms with Crippen molar-refractivity contribution in [3.63, 3.8) is 0 Å². The van der Waals surface area contributed by atoms with Gasteiger partial charge in [-0.05, 0) is 0 Å². The van der Waals surface area contributed by atoms with Crippen molar-refractivity contribution < 1.29 is 4.92 Å². The smallest absolute Gasteiger partial charge is 0.262 e. The molecule has 1 aromatic heterocycles. The fraction of sp³-hybridized carbons (Fsp3) is 0.300. The maximum absolute atomic E-state index is 12.0. The summed E-state index contributed by atoms with van der Waals surface area (Å²) in [6.07, 6.45) is 5.41. The summed E-state index contributed by atoms with van der Waals surface area (Å²) < 4.78 is 1.05. The molecule has 100 valence electrons. The van der Waals surface area contributed by atoms with E-state index < -0.39 is 27.7 Å². The first kappa shape index (κ1) is 12.7. The molecule has 1 N–H and O–H groups in total.